The van der Waals surface area contributed by atoms with Gasteiger partial charge in [-0.3, -0.25) is 9.78 Å². The molecule has 1 aromatic rings. The van der Waals surface area contributed by atoms with E-state index in [-0.39, 0.29) is 58.5 Å². The molecule has 25 heavy (non-hydrogen) atoms. The number of ether oxygens (including phenoxy) is 2. The van der Waals surface area contributed by atoms with Crippen molar-refractivity contribution in [3.05, 3.63) is 29.1 Å². The average Bonchev–Trinajstić information content (AvgIpc) is 3.16. The van der Waals surface area contributed by atoms with E-state index in [1.165, 1.54) is 12.3 Å². The molecule has 1 amide bonds. The molecule has 130 valence electrons. The number of hydrogen-bond acceptors (Lipinski definition) is 6. The maximum atomic E-state index is 12.2. The van der Waals surface area contributed by atoms with Gasteiger partial charge in [0, 0.05) is 11.8 Å². The molecule has 0 radical (unpaired) electrons. The number of hydrogen-bond donors (Lipinski definition) is 2. The van der Waals surface area contributed by atoms with Crippen LogP contribution in [-0.4, -0.2) is 76.1 Å². The number of carboxylic acid groups (broad SMARTS) is 1. The molecule has 0 bridgehead atoms. The first-order valence-corrected chi connectivity index (χ1v) is 7.71. The van der Waals surface area contributed by atoms with Crippen LogP contribution in [0, 0.1) is 5.92 Å². The number of nitrogens with one attached hydrogen (secondary N) is 1. The Kier molecular flexibility index (Phi) is 6.01. The van der Waals surface area contributed by atoms with Crippen LogP contribution in [0.3, 0.4) is 0 Å². The number of aromatic carboxylic acids is 1. The molecule has 3 heterocycles. The summed E-state index contributed by atoms with van der Waals surface area (Å²) < 4.78 is 10.7. The number of nitrogens with zero attached hydrogens (tertiary/aromatic N) is 2. The summed E-state index contributed by atoms with van der Waals surface area (Å²) in [6, 6.07) is 1.44. The van der Waals surface area contributed by atoms with Gasteiger partial charge in [-0.15, -0.1) is 0 Å². The van der Waals surface area contributed by atoms with Crippen LogP contribution in [0.15, 0.2) is 17.3 Å². The average molecular weight is 357 g/mol. The molecule has 0 spiro atoms. The van der Waals surface area contributed by atoms with Crippen molar-refractivity contribution in [1.82, 2.24) is 10.3 Å². The molecule has 0 aliphatic carbocycles. The summed E-state index contributed by atoms with van der Waals surface area (Å²) in [6.45, 7) is 6.38. The van der Waals surface area contributed by atoms with E-state index in [1.807, 2.05) is 13.8 Å². The first-order chi connectivity index (χ1) is 11.3. The van der Waals surface area contributed by atoms with Crippen molar-refractivity contribution in [2.75, 3.05) is 13.2 Å². The van der Waals surface area contributed by atoms with Crippen LogP contribution in [0.5, 0.6) is 0 Å². The van der Waals surface area contributed by atoms with E-state index in [1.54, 1.807) is 6.92 Å². The van der Waals surface area contributed by atoms with Crippen LogP contribution < -0.4 is 5.32 Å². The van der Waals surface area contributed by atoms with Gasteiger partial charge in [-0.25, -0.2) is 9.79 Å². The van der Waals surface area contributed by atoms with Gasteiger partial charge in [0.05, 0.1) is 18.8 Å². The third kappa shape index (κ3) is 3.63. The zero-order valence-corrected chi connectivity index (χ0v) is 13.7. The van der Waals surface area contributed by atoms with E-state index < -0.39 is 17.8 Å². The van der Waals surface area contributed by atoms with Gasteiger partial charge >= 0.3 is 35.5 Å². The molecule has 1 saturated heterocycles. The van der Waals surface area contributed by atoms with E-state index in [4.69, 9.17) is 9.47 Å². The van der Waals surface area contributed by atoms with Crippen LogP contribution >= 0.6 is 0 Å². The number of carbonyl (C=O) groups is 2. The van der Waals surface area contributed by atoms with Gasteiger partial charge in [0.2, 0.25) is 0 Å². The van der Waals surface area contributed by atoms with Crippen LogP contribution in [0.2, 0.25) is 0 Å². The molecular weight excluding hydrogens is 337 g/mol. The molecule has 0 saturated carbocycles. The second-order valence-corrected chi connectivity index (χ2v) is 6.26. The molecule has 1 atom stereocenters. The number of aromatic nitrogens is 1. The summed E-state index contributed by atoms with van der Waals surface area (Å²) >= 11 is 0. The predicted molar refractivity (Wildman–Crippen MR) is 90.9 cm³/mol. The normalized spacial score (nSPS) is 23.4. The van der Waals surface area contributed by atoms with Crippen molar-refractivity contribution in [3.8, 4) is 0 Å². The van der Waals surface area contributed by atoms with Gasteiger partial charge in [-0.2, -0.15) is 0 Å². The third-order valence-corrected chi connectivity index (χ3v) is 4.42. The van der Waals surface area contributed by atoms with E-state index >= 15 is 0 Å². The van der Waals surface area contributed by atoms with Crippen molar-refractivity contribution in [2.24, 2.45) is 10.9 Å². The fourth-order valence-electron chi connectivity index (χ4n) is 2.56. The van der Waals surface area contributed by atoms with Crippen LogP contribution in [0.4, 0.5) is 0 Å². The SMILES string of the molecule is CC(C)C1(C)N=C(c2ncc(C3OCCO3)cc2C(=O)O)NC1=O.[NaH]. The molecule has 0 aromatic carbocycles. The Bertz CT molecular complexity index is 730. The van der Waals surface area contributed by atoms with Crippen LogP contribution in [0.1, 0.15) is 48.7 Å². The van der Waals surface area contributed by atoms with Gasteiger partial charge in [-0.05, 0) is 18.9 Å². The minimum absolute atomic E-state index is 0. The van der Waals surface area contributed by atoms with E-state index in [0.717, 1.165) is 0 Å². The first-order valence-electron chi connectivity index (χ1n) is 7.71. The Morgan fingerprint density at radius 1 is 1.40 bits per heavy atom. The van der Waals surface area contributed by atoms with Gasteiger partial charge in [0.15, 0.2) is 12.1 Å². The Morgan fingerprint density at radius 2 is 2.04 bits per heavy atom. The number of pyridine rings is 1. The standard InChI is InChI=1S/C16H19N3O5.Na.H/c1-8(2)16(3)15(22)18-12(19-16)11-10(13(20)21)6-9(7-17-11)14-23-4-5-24-14;;/h6-8,14H,4-5H2,1-3H3,(H,20,21)(H,18,19,22);;. The van der Waals surface area contributed by atoms with Gasteiger partial charge < -0.3 is 19.9 Å². The number of carbonyl (C=O) groups excluding carboxylic acids is 1. The summed E-state index contributed by atoms with van der Waals surface area (Å²) in [5.74, 6) is -1.29. The third-order valence-electron chi connectivity index (χ3n) is 4.42. The fourth-order valence-corrected chi connectivity index (χ4v) is 2.56. The van der Waals surface area contributed by atoms with Crippen molar-refractivity contribution in [1.29, 1.82) is 0 Å². The quantitative estimate of drug-likeness (QED) is 0.758. The zero-order valence-electron chi connectivity index (χ0n) is 13.7. The van der Waals surface area contributed by atoms with Crippen molar-refractivity contribution >= 4 is 47.3 Å². The van der Waals surface area contributed by atoms with E-state index in [2.05, 4.69) is 15.3 Å². The summed E-state index contributed by atoms with van der Waals surface area (Å²) in [7, 11) is 0. The summed E-state index contributed by atoms with van der Waals surface area (Å²) in [4.78, 5) is 32.5. The molecule has 1 unspecified atom stereocenters. The Labute approximate surface area is 167 Å². The Hall–Kier alpha value is -1.32. The molecule has 1 aromatic heterocycles. The Balaban J connectivity index is 0.00000225. The minimum atomic E-state index is -1.16. The first kappa shape index (κ1) is 20.0. The molecule has 9 heteroatoms. The summed E-state index contributed by atoms with van der Waals surface area (Å²) in [6.07, 6.45) is 0.864. The topological polar surface area (TPSA) is 110 Å². The van der Waals surface area contributed by atoms with Crippen molar-refractivity contribution < 1.29 is 24.2 Å². The zero-order chi connectivity index (χ0) is 17.5. The second kappa shape index (κ2) is 7.51. The fraction of sp³-hybridized carbons (Fsp3) is 0.500. The summed E-state index contributed by atoms with van der Waals surface area (Å²) in [5.41, 5.74) is -0.353. The number of carboxylic acids is 1. The number of aliphatic imine (C=N–C) groups is 1. The molecule has 2 N–H and O–H groups in total. The molecule has 2 aliphatic heterocycles. The Morgan fingerprint density at radius 3 is 2.56 bits per heavy atom. The van der Waals surface area contributed by atoms with Crippen molar-refractivity contribution in [2.45, 2.75) is 32.6 Å². The van der Waals surface area contributed by atoms with Crippen LogP contribution in [0.25, 0.3) is 0 Å². The van der Waals surface area contributed by atoms with Gasteiger partial charge in [0.25, 0.3) is 5.91 Å². The van der Waals surface area contributed by atoms with Crippen LogP contribution in [-0.2, 0) is 14.3 Å². The molecule has 2 aliphatic rings. The molecular formula is C16H20N3NaO5. The second-order valence-electron chi connectivity index (χ2n) is 6.26. The van der Waals surface area contributed by atoms with Gasteiger partial charge in [-0.1, -0.05) is 13.8 Å². The number of amides is 1. The van der Waals surface area contributed by atoms with Gasteiger partial charge in [0.1, 0.15) is 11.2 Å². The monoisotopic (exact) mass is 357 g/mol. The van der Waals surface area contributed by atoms with E-state index in [0.29, 0.717) is 18.8 Å². The number of rotatable bonds is 4. The van der Waals surface area contributed by atoms with E-state index in [9.17, 15) is 14.7 Å². The molecule has 3 rings (SSSR count). The maximum absolute atomic E-state index is 12.2. The number of amidine groups is 1. The molecule has 8 nitrogen and oxygen atoms in total. The summed E-state index contributed by atoms with van der Waals surface area (Å²) in [5, 5.41) is 12.2. The predicted octanol–water partition coefficient (Wildman–Crippen LogP) is 0.468. The van der Waals surface area contributed by atoms with Crippen molar-refractivity contribution in [3.63, 3.8) is 0 Å². The molecule has 1 fully saturated rings.